The van der Waals surface area contributed by atoms with Crippen LogP contribution in [0.15, 0.2) is 36.4 Å². The molecule has 3 N–H and O–H groups in total. The Morgan fingerprint density at radius 2 is 1.45 bits per heavy atom. The van der Waals surface area contributed by atoms with Crippen LogP contribution >= 0.6 is 0 Å². The third-order valence-corrected chi connectivity index (χ3v) is 2.97. The molecule has 0 radical (unpaired) electrons. The lowest BCUT2D eigenvalue weighted by molar-refractivity contribution is 0.103. The van der Waals surface area contributed by atoms with Gasteiger partial charge in [0.25, 0.3) is 0 Å². The first-order valence-corrected chi connectivity index (χ1v) is 5.97. The molecular weight excluding hydrogens is 258 g/mol. The zero-order valence-electron chi connectivity index (χ0n) is 11.2. The lowest BCUT2D eigenvalue weighted by Gasteiger charge is -2.14. The van der Waals surface area contributed by atoms with Crippen LogP contribution in [0.5, 0.6) is 17.2 Å². The summed E-state index contributed by atoms with van der Waals surface area (Å²) >= 11 is 0. The molecule has 2 aromatic carbocycles. The number of benzene rings is 2. The van der Waals surface area contributed by atoms with Crippen LogP contribution in [-0.4, -0.2) is 35.2 Å². The van der Waals surface area contributed by atoms with Crippen LogP contribution in [0.2, 0.25) is 0 Å². The van der Waals surface area contributed by atoms with E-state index in [2.05, 4.69) is 0 Å². The molecule has 0 aliphatic rings. The number of phenolic OH excluding ortho intramolecular Hbond substituents is 3. The van der Waals surface area contributed by atoms with Gasteiger partial charge in [0, 0.05) is 31.9 Å². The van der Waals surface area contributed by atoms with Crippen LogP contribution in [0.25, 0.3) is 0 Å². The average molecular weight is 273 g/mol. The number of nitrogens with zero attached hydrogens (tertiary/aromatic N) is 1. The van der Waals surface area contributed by atoms with Crippen molar-refractivity contribution in [3.8, 4) is 17.2 Å². The zero-order chi connectivity index (χ0) is 14.9. The minimum absolute atomic E-state index is 0.0238. The summed E-state index contributed by atoms with van der Waals surface area (Å²) in [5.41, 5.74) is 0.876. The molecule has 20 heavy (non-hydrogen) atoms. The fourth-order valence-corrected chi connectivity index (χ4v) is 1.85. The van der Waals surface area contributed by atoms with Crippen molar-refractivity contribution in [2.75, 3.05) is 19.0 Å². The molecule has 0 spiro atoms. The Morgan fingerprint density at radius 3 is 1.95 bits per heavy atom. The summed E-state index contributed by atoms with van der Waals surface area (Å²) in [5, 5.41) is 28.8. The maximum atomic E-state index is 12.3. The Kier molecular flexibility index (Phi) is 3.52. The van der Waals surface area contributed by atoms with E-state index in [1.165, 1.54) is 24.3 Å². The number of phenols is 3. The van der Waals surface area contributed by atoms with E-state index in [9.17, 15) is 20.1 Å². The number of aromatic hydroxyl groups is 3. The van der Waals surface area contributed by atoms with Gasteiger partial charge in [-0.2, -0.15) is 0 Å². The van der Waals surface area contributed by atoms with Gasteiger partial charge in [-0.1, -0.05) is 0 Å². The van der Waals surface area contributed by atoms with Crippen molar-refractivity contribution < 1.29 is 20.1 Å². The lowest BCUT2D eigenvalue weighted by Crippen LogP contribution is -2.09. The summed E-state index contributed by atoms with van der Waals surface area (Å²) in [7, 11) is 3.64. The van der Waals surface area contributed by atoms with Crippen molar-refractivity contribution in [2.45, 2.75) is 0 Å². The van der Waals surface area contributed by atoms with Crippen molar-refractivity contribution in [2.24, 2.45) is 0 Å². The van der Waals surface area contributed by atoms with E-state index in [1.54, 1.807) is 11.0 Å². The molecular formula is C15H15NO4. The van der Waals surface area contributed by atoms with Gasteiger partial charge in [0.2, 0.25) is 0 Å². The van der Waals surface area contributed by atoms with Crippen LogP contribution in [0, 0.1) is 0 Å². The molecule has 0 saturated carbocycles. The molecule has 0 atom stereocenters. The molecule has 104 valence electrons. The maximum absolute atomic E-state index is 12.3. The average Bonchev–Trinajstić information content (AvgIpc) is 2.37. The number of carbonyl (C=O) groups is 1. The normalized spacial score (nSPS) is 10.3. The smallest absolute Gasteiger partial charge is 0.200 e. The van der Waals surface area contributed by atoms with E-state index in [0.717, 1.165) is 11.8 Å². The van der Waals surface area contributed by atoms with Crippen LogP contribution in [0.4, 0.5) is 5.69 Å². The van der Waals surface area contributed by atoms with E-state index in [-0.39, 0.29) is 28.4 Å². The molecule has 0 amide bonds. The summed E-state index contributed by atoms with van der Waals surface area (Å²) in [4.78, 5) is 14.1. The predicted molar refractivity (Wildman–Crippen MR) is 75.6 cm³/mol. The molecule has 2 rings (SSSR count). The Balaban J connectivity index is 2.43. The molecule has 0 bridgehead atoms. The van der Waals surface area contributed by atoms with Crippen molar-refractivity contribution in [3.63, 3.8) is 0 Å². The summed E-state index contributed by atoms with van der Waals surface area (Å²) in [6.45, 7) is 0. The molecule has 0 aliphatic heterocycles. The third kappa shape index (κ3) is 2.51. The van der Waals surface area contributed by atoms with Gasteiger partial charge in [-0.3, -0.25) is 4.79 Å². The third-order valence-electron chi connectivity index (χ3n) is 2.97. The van der Waals surface area contributed by atoms with Crippen molar-refractivity contribution in [3.05, 3.63) is 47.5 Å². The number of hydrogen-bond acceptors (Lipinski definition) is 5. The molecule has 2 aromatic rings. The van der Waals surface area contributed by atoms with E-state index in [0.29, 0.717) is 0 Å². The molecule has 0 saturated heterocycles. The molecule has 0 aromatic heterocycles. The van der Waals surface area contributed by atoms with Crippen LogP contribution in [-0.2, 0) is 0 Å². The quantitative estimate of drug-likeness (QED) is 0.746. The molecule has 0 fully saturated rings. The second-order valence-electron chi connectivity index (χ2n) is 4.63. The molecule has 5 nitrogen and oxygen atoms in total. The minimum atomic E-state index is -0.509. The molecule has 0 aliphatic carbocycles. The Labute approximate surface area is 116 Å². The van der Waals surface area contributed by atoms with Gasteiger partial charge in [-0.05, 0) is 24.3 Å². The molecule has 0 heterocycles. The number of ketones is 1. The standard InChI is InChI=1S/C15H15NO4/c1-16(2)9-3-5-11(13(18)7-9)15(20)12-6-4-10(17)8-14(12)19/h3-8,17-19H,1-2H3. The SMILES string of the molecule is CN(C)c1ccc(C(=O)c2ccc(O)cc2O)c(O)c1. The van der Waals surface area contributed by atoms with E-state index in [4.69, 9.17) is 0 Å². The lowest BCUT2D eigenvalue weighted by atomic mass is 10.0. The number of hydrogen-bond donors (Lipinski definition) is 3. The second-order valence-corrected chi connectivity index (χ2v) is 4.63. The van der Waals surface area contributed by atoms with Gasteiger partial charge in [0.05, 0.1) is 11.1 Å². The highest BCUT2D eigenvalue weighted by atomic mass is 16.3. The predicted octanol–water partition coefficient (Wildman–Crippen LogP) is 2.10. The number of anilines is 1. The zero-order valence-corrected chi connectivity index (χ0v) is 11.2. The van der Waals surface area contributed by atoms with Gasteiger partial charge in [-0.15, -0.1) is 0 Å². The Bertz CT molecular complexity index is 665. The monoisotopic (exact) mass is 273 g/mol. The topological polar surface area (TPSA) is 81.0 Å². The highest BCUT2D eigenvalue weighted by Gasteiger charge is 2.17. The van der Waals surface area contributed by atoms with Gasteiger partial charge in [0.15, 0.2) is 5.78 Å². The first kappa shape index (κ1) is 13.7. The molecule has 0 unspecified atom stereocenters. The number of rotatable bonds is 3. The number of carbonyl (C=O) groups excluding carboxylic acids is 1. The fourth-order valence-electron chi connectivity index (χ4n) is 1.85. The highest BCUT2D eigenvalue weighted by Crippen LogP contribution is 2.30. The highest BCUT2D eigenvalue weighted by molar-refractivity contribution is 6.12. The van der Waals surface area contributed by atoms with E-state index < -0.39 is 5.78 Å². The first-order chi connectivity index (χ1) is 9.40. The van der Waals surface area contributed by atoms with E-state index >= 15 is 0 Å². The minimum Gasteiger partial charge on any atom is -0.508 e. The van der Waals surface area contributed by atoms with Gasteiger partial charge >= 0.3 is 0 Å². The van der Waals surface area contributed by atoms with Gasteiger partial charge < -0.3 is 20.2 Å². The second kappa shape index (κ2) is 5.13. The Hall–Kier alpha value is -2.69. The first-order valence-electron chi connectivity index (χ1n) is 5.97. The molecule has 5 heteroatoms. The van der Waals surface area contributed by atoms with Crippen LogP contribution in [0.3, 0.4) is 0 Å². The summed E-state index contributed by atoms with van der Waals surface area (Å²) < 4.78 is 0. The fraction of sp³-hybridized carbons (Fsp3) is 0.133. The van der Waals surface area contributed by atoms with Crippen molar-refractivity contribution in [1.82, 2.24) is 0 Å². The largest absolute Gasteiger partial charge is 0.508 e. The van der Waals surface area contributed by atoms with Crippen molar-refractivity contribution in [1.29, 1.82) is 0 Å². The van der Waals surface area contributed by atoms with Crippen LogP contribution in [0.1, 0.15) is 15.9 Å². The van der Waals surface area contributed by atoms with Gasteiger partial charge in [-0.25, -0.2) is 0 Å². The summed E-state index contributed by atoms with van der Waals surface area (Å²) in [6.07, 6.45) is 0. The summed E-state index contributed by atoms with van der Waals surface area (Å²) in [5.74, 6) is -1.13. The Morgan fingerprint density at radius 1 is 0.900 bits per heavy atom. The van der Waals surface area contributed by atoms with Gasteiger partial charge in [0.1, 0.15) is 17.2 Å². The van der Waals surface area contributed by atoms with Crippen LogP contribution < -0.4 is 4.90 Å². The van der Waals surface area contributed by atoms with Crippen molar-refractivity contribution >= 4 is 11.5 Å². The maximum Gasteiger partial charge on any atom is 0.200 e. The summed E-state index contributed by atoms with van der Waals surface area (Å²) in [6, 6.07) is 8.37. The van der Waals surface area contributed by atoms with E-state index in [1.807, 2.05) is 14.1 Å².